The molecule has 10 aliphatic carbocycles. The second-order valence-electron chi connectivity index (χ2n) is 39.8. The predicted octanol–water partition coefficient (Wildman–Crippen LogP) is 15.3. The molecule has 23 nitrogen and oxygen atoms in total. The molecule has 0 aromatic carbocycles. The molecule has 4 spiro atoms. The standard InChI is InChI=1S/3C19H25N3O2.C17H21N3O.C16H24O4/c1-17(2)14-5-4-13-12-20-15-6-9-21-22(15)16(13)18(14,3)7-8-19(17)23-10-11-24-19;2*1-17(2)14-5-4-13-12-22-15(6-9-20-22)21-16(13)18(14,3)7-8-19(17)23-10-11-24-19;1-16(2)12-5-4-11-10-20-14(7-9-18-20)19-15(11)17(12,3)8-6-13(16)21;1-14(2)12-5-4-11(10-17)13(18)15(12,3)6-7-16(14)19-8-9-20-16/h3*6,9,12,14H,4-5,7-8,10-11H2,1-3H3;7,9-10,12H,4-6,8H2,1-3H3;10,12,17H,4-9H2,1-3H3/b;;;;11-10+/t3*14-,18-;12-,17-;12-,15-/m00000/s1. The van der Waals surface area contributed by atoms with Crippen LogP contribution in [0.5, 0.6) is 0 Å². The van der Waals surface area contributed by atoms with Gasteiger partial charge in [-0.05, 0) is 148 Å². The monoisotopic (exact) mass is 1540 g/mol. The molecule has 6 saturated carbocycles. The number of ether oxygens (including phenoxy) is 8. The minimum Gasteiger partial charge on any atom is -0.515 e. The molecule has 4 aliphatic heterocycles. The van der Waals surface area contributed by atoms with Crippen molar-refractivity contribution in [3.8, 4) is 0 Å². The zero-order chi connectivity index (χ0) is 79.2. The lowest BCUT2D eigenvalue weighted by Crippen LogP contribution is -2.61. The van der Waals surface area contributed by atoms with E-state index in [2.05, 4.69) is 152 Å². The van der Waals surface area contributed by atoms with E-state index in [-0.39, 0.29) is 60.4 Å². The molecule has 0 radical (unpaired) electrons. The van der Waals surface area contributed by atoms with Gasteiger partial charge in [-0.2, -0.15) is 20.4 Å². The lowest BCUT2D eigenvalue weighted by molar-refractivity contribution is -0.281. The van der Waals surface area contributed by atoms with E-state index in [1.165, 1.54) is 45.0 Å². The topological polar surface area (TPSA) is 249 Å². The summed E-state index contributed by atoms with van der Waals surface area (Å²) in [6, 6.07) is 7.93. The van der Waals surface area contributed by atoms with Crippen molar-refractivity contribution in [2.45, 2.75) is 277 Å². The van der Waals surface area contributed by atoms with Gasteiger partial charge >= 0.3 is 0 Å². The highest BCUT2D eigenvalue weighted by atomic mass is 16.8. The normalized spacial score (nSPS) is 34.4. The first kappa shape index (κ1) is 77.3. The van der Waals surface area contributed by atoms with Crippen LogP contribution in [0.1, 0.15) is 252 Å². The zero-order valence-electron chi connectivity index (χ0n) is 69.6. The van der Waals surface area contributed by atoms with Gasteiger partial charge in [-0.3, -0.25) is 9.59 Å². The van der Waals surface area contributed by atoms with Crippen molar-refractivity contribution < 1.29 is 52.6 Å². The Bertz CT molecular complexity index is 4920. The van der Waals surface area contributed by atoms with Crippen LogP contribution >= 0.6 is 0 Å². The number of fused-ring (bicyclic) bond motifs is 18. The van der Waals surface area contributed by atoms with Gasteiger partial charge in [0.05, 0.1) is 107 Å². The molecule has 0 unspecified atom stereocenters. The van der Waals surface area contributed by atoms with Crippen LogP contribution < -0.4 is 0 Å². The molecule has 8 aromatic heterocycles. The number of carbonyl (C=O) groups is 2. The molecule has 1 N–H and O–H groups in total. The van der Waals surface area contributed by atoms with Crippen molar-refractivity contribution in [1.29, 1.82) is 0 Å². The lowest BCUT2D eigenvalue weighted by Gasteiger charge is -2.59. The quantitative estimate of drug-likeness (QED) is 0.109. The van der Waals surface area contributed by atoms with Gasteiger partial charge in [0, 0.05) is 141 Å². The number of hydrogen-bond acceptors (Lipinski definition) is 19. The molecule has 23 heteroatoms. The van der Waals surface area contributed by atoms with Crippen LogP contribution in [0.3, 0.4) is 0 Å². The van der Waals surface area contributed by atoms with E-state index < -0.39 is 28.6 Å². The van der Waals surface area contributed by atoms with Crippen LogP contribution in [0.15, 0.2) is 85.7 Å². The highest BCUT2D eigenvalue weighted by Gasteiger charge is 2.69. The summed E-state index contributed by atoms with van der Waals surface area (Å²) in [5.41, 5.74) is 14.1. The first-order chi connectivity index (χ1) is 53.7. The Kier molecular flexibility index (Phi) is 18.3. The van der Waals surface area contributed by atoms with Gasteiger partial charge in [-0.15, -0.1) is 0 Å². The SMILES string of the molecule is CC1(C)C(=O)CC[C@]2(C)c3nc4ccnn4cc3CC[C@@H]12.CC1(C)[C@@H]2CC/C(=C\O)C(=O)[C@@]2(C)CCC12OCCO2.CC1(C)[C@@H]2CCc3cn4nccc4nc3[C@@]2(C)CCC12OCCO2.CC1(C)[C@@H]2CCc3cn4nccc4nc3[C@@]2(C)CCC12OCCO2.CC1(C)[C@@H]2CCc3cnc4ccnn4c3[C@@]2(C)CCC12OCCO2. The summed E-state index contributed by atoms with van der Waals surface area (Å²) >= 11 is 0. The van der Waals surface area contributed by atoms with E-state index in [4.69, 9.17) is 52.8 Å². The summed E-state index contributed by atoms with van der Waals surface area (Å²) in [5, 5.41) is 26.9. The highest BCUT2D eigenvalue weighted by Crippen LogP contribution is 2.67. The molecule has 0 amide bonds. The lowest BCUT2D eigenvalue weighted by atomic mass is 9.48. The third kappa shape index (κ3) is 11.2. The summed E-state index contributed by atoms with van der Waals surface area (Å²) in [5.74, 6) is 0.877. The molecule has 113 heavy (non-hydrogen) atoms. The van der Waals surface area contributed by atoms with Crippen molar-refractivity contribution in [2.75, 3.05) is 52.9 Å². The number of aliphatic hydroxyl groups is 1. The largest absolute Gasteiger partial charge is 0.515 e. The number of nitrogens with zero attached hydrogens (tertiary/aromatic N) is 12. The summed E-state index contributed by atoms with van der Waals surface area (Å²) in [6.07, 6.45) is 36.2. The fourth-order valence-electron chi connectivity index (χ4n) is 27.0. The molecule has 10 atom stereocenters. The van der Waals surface area contributed by atoms with Crippen molar-refractivity contribution in [3.05, 3.63) is 131 Å². The molecule has 12 heterocycles. The number of allylic oxidation sites excluding steroid dienone is 1. The Morgan fingerprint density at radius 1 is 0.372 bits per heavy atom. The maximum Gasteiger partial charge on any atom is 0.173 e. The van der Waals surface area contributed by atoms with E-state index in [0.717, 1.165) is 184 Å². The van der Waals surface area contributed by atoms with Crippen molar-refractivity contribution in [3.63, 3.8) is 0 Å². The van der Waals surface area contributed by atoms with Gasteiger partial charge in [-0.25, -0.2) is 38.0 Å². The predicted molar refractivity (Wildman–Crippen MR) is 424 cm³/mol. The summed E-state index contributed by atoms with van der Waals surface area (Å²) < 4.78 is 56.8. The van der Waals surface area contributed by atoms with Crippen molar-refractivity contribution in [1.82, 2.24) is 58.4 Å². The minimum atomic E-state index is -0.530. The van der Waals surface area contributed by atoms with E-state index in [0.29, 0.717) is 61.1 Å². The van der Waals surface area contributed by atoms with E-state index in [1.54, 1.807) is 6.20 Å². The van der Waals surface area contributed by atoms with Crippen molar-refractivity contribution in [2.24, 2.45) is 62.1 Å². The molecule has 0 bridgehead atoms. The summed E-state index contributed by atoms with van der Waals surface area (Å²) in [7, 11) is 0. The van der Waals surface area contributed by atoms with Crippen LogP contribution in [0.4, 0.5) is 0 Å². The molecule has 4 saturated heterocycles. The number of rotatable bonds is 0. The summed E-state index contributed by atoms with van der Waals surface area (Å²) in [4.78, 5) is 44.6. The molecule has 606 valence electrons. The maximum atomic E-state index is 12.7. The number of aryl methyl sites for hydroxylation is 4. The number of aromatic nitrogens is 12. The van der Waals surface area contributed by atoms with Gasteiger partial charge in [0.1, 0.15) is 5.78 Å². The second-order valence-corrected chi connectivity index (χ2v) is 39.8. The Morgan fingerprint density at radius 3 is 1.11 bits per heavy atom. The second kappa shape index (κ2) is 26.8. The van der Waals surface area contributed by atoms with Crippen LogP contribution in [-0.4, -0.2) is 151 Å². The van der Waals surface area contributed by atoms with E-state index in [9.17, 15) is 14.7 Å². The van der Waals surface area contributed by atoms with Gasteiger partial charge in [-0.1, -0.05) is 104 Å². The van der Waals surface area contributed by atoms with Gasteiger partial charge in [0.2, 0.25) is 0 Å². The summed E-state index contributed by atoms with van der Waals surface area (Å²) in [6.45, 7) is 39.8. The molecule has 14 aliphatic rings. The van der Waals surface area contributed by atoms with Crippen LogP contribution in [0.2, 0.25) is 0 Å². The molecule has 10 fully saturated rings. The highest BCUT2D eigenvalue weighted by molar-refractivity contribution is 6.00. The van der Waals surface area contributed by atoms with Gasteiger partial charge in [0.15, 0.2) is 51.5 Å². The molecular formula is C90H120N12O11. The van der Waals surface area contributed by atoms with E-state index >= 15 is 0 Å². The van der Waals surface area contributed by atoms with E-state index in [1.807, 2.05) is 63.3 Å². The Morgan fingerprint density at radius 2 is 0.699 bits per heavy atom. The minimum absolute atomic E-state index is 0.0109. The number of Topliss-reactive ketones (excluding diaryl/α,β-unsaturated/α-hetero) is 2. The number of aliphatic hydroxyl groups excluding tert-OH is 1. The Hall–Kier alpha value is -6.96. The Labute approximate surface area is 664 Å². The number of hydrogen-bond donors (Lipinski definition) is 1. The van der Waals surface area contributed by atoms with Crippen LogP contribution in [0, 0.1) is 62.1 Å². The molecule has 8 aromatic rings. The third-order valence-electron chi connectivity index (χ3n) is 33.1. The fraction of sp³-hybridized carbons (Fsp3) is 0.689. The van der Waals surface area contributed by atoms with Crippen LogP contribution in [0.25, 0.3) is 22.6 Å². The average molecular weight is 1550 g/mol. The van der Waals surface area contributed by atoms with Crippen molar-refractivity contribution >= 4 is 34.2 Å². The maximum absolute atomic E-state index is 12.7. The molecular weight excluding hydrogens is 1430 g/mol. The Balaban J connectivity index is 0.0000000986. The fourth-order valence-corrected chi connectivity index (χ4v) is 27.0. The first-order valence-corrected chi connectivity index (χ1v) is 42.6. The zero-order valence-corrected chi connectivity index (χ0v) is 69.6. The van der Waals surface area contributed by atoms with Gasteiger partial charge < -0.3 is 43.0 Å². The molecule has 22 rings (SSSR count). The first-order valence-electron chi connectivity index (χ1n) is 42.6. The van der Waals surface area contributed by atoms with Crippen LogP contribution in [-0.2, 0) is 94.8 Å². The smallest absolute Gasteiger partial charge is 0.173 e. The average Bonchev–Trinajstić information content (AvgIpc) is 1.71. The number of ketones is 2. The number of carbonyl (C=O) groups excluding carboxylic acids is 2. The third-order valence-corrected chi connectivity index (χ3v) is 33.1. The van der Waals surface area contributed by atoms with Gasteiger partial charge in [0.25, 0.3) is 0 Å².